The number of rotatable bonds is 8. The van der Waals surface area contributed by atoms with E-state index in [2.05, 4.69) is 5.10 Å². The molecule has 2 N–H and O–H groups in total. The lowest BCUT2D eigenvalue weighted by molar-refractivity contribution is -0.139. The predicted octanol–water partition coefficient (Wildman–Crippen LogP) is 0.875. The molecule has 0 amide bonds. The maximum absolute atomic E-state index is 13.1. The van der Waals surface area contributed by atoms with E-state index in [-0.39, 0.29) is 44.6 Å². The SMILES string of the molecule is O=C(O)CCOCCOC1CCN(c2cn[nH]c(=O)c2C(F)(F)F)C1. The summed E-state index contributed by atoms with van der Waals surface area (Å²) in [6.45, 7) is 0.979. The van der Waals surface area contributed by atoms with E-state index in [1.165, 1.54) is 4.90 Å². The van der Waals surface area contributed by atoms with Gasteiger partial charge in [-0.3, -0.25) is 9.59 Å². The van der Waals surface area contributed by atoms with Gasteiger partial charge in [0.1, 0.15) is 5.56 Å². The Morgan fingerprint density at radius 2 is 2.16 bits per heavy atom. The molecule has 8 nitrogen and oxygen atoms in total. The average Bonchev–Trinajstić information content (AvgIpc) is 2.97. The Kier molecular flexibility index (Phi) is 6.37. The number of carboxylic acid groups (broad SMARTS) is 1. The lowest BCUT2D eigenvalue weighted by Crippen LogP contribution is -2.31. The molecule has 0 aromatic carbocycles. The van der Waals surface area contributed by atoms with Crippen LogP contribution in [0, 0.1) is 0 Å². The molecule has 1 unspecified atom stereocenters. The standard InChI is InChI=1S/C14H18F3N3O5/c15-14(16,17)12-10(7-18-19-13(12)23)20-3-1-9(8-20)25-6-5-24-4-2-11(21)22/h7,9H,1-6,8H2,(H,19,23)(H,21,22). The molecule has 2 heterocycles. The third-order valence-corrected chi connectivity index (χ3v) is 3.65. The summed E-state index contributed by atoms with van der Waals surface area (Å²) in [6.07, 6.45) is -3.69. The molecule has 1 aliphatic heterocycles. The van der Waals surface area contributed by atoms with E-state index in [1.54, 1.807) is 5.10 Å². The van der Waals surface area contributed by atoms with Crippen LogP contribution in [0.5, 0.6) is 0 Å². The molecule has 1 aliphatic rings. The summed E-state index contributed by atoms with van der Waals surface area (Å²) >= 11 is 0. The summed E-state index contributed by atoms with van der Waals surface area (Å²) in [7, 11) is 0. The largest absolute Gasteiger partial charge is 0.481 e. The van der Waals surface area contributed by atoms with Gasteiger partial charge in [0.15, 0.2) is 0 Å². The summed E-state index contributed by atoms with van der Waals surface area (Å²) in [6, 6.07) is 0. The number of aromatic nitrogens is 2. The minimum absolute atomic E-state index is 0.0723. The monoisotopic (exact) mass is 365 g/mol. The van der Waals surface area contributed by atoms with Gasteiger partial charge < -0.3 is 19.5 Å². The van der Waals surface area contributed by atoms with Crippen LogP contribution in [0.1, 0.15) is 18.4 Å². The Bertz CT molecular complexity index is 649. The number of H-pyrrole nitrogens is 1. The Morgan fingerprint density at radius 3 is 2.84 bits per heavy atom. The van der Waals surface area contributed by atoms with Gasteiger partial charge in [0, 0.05) is 13.1 Å². The summed E-state index contributed by atoms with van der Waals surface area (Å²) in [5, 5.41) is 13.7. The molecular formula is C14H18F3N3O5. The smallest absolute Gasteiger partial charge is 0.423 e. The molecule has 1 aromatic heterocycles. The minimum Gasteiger partial charge on any atom is -0.481 e. The first-order valence-corrected chi connectivity index (χ1v) is 7.60. The number of anilines is 1. The van der Waals surface area contributed by atoms with Gasteiger partial charge in [-0.2, -0.15) is 18.3 Å². The van der Waals surface area contributed by atoms with Crippen LogP contribution in [0.15, 0.2) is 11.0 Å². The van der Waals surface area contributed by atoms with Gasteiger partial charge in [0.25, 0.3) is 5.56 Å². The first-order valence-electron chi connectivity index (χ1n) is 7.60. The molecule has 1 saturated heterocycles. The fourth-order valence-electron chi connectivity index (χ4n) is 2.52. The molecule has 11 heteroatoms. The summed E-state index contributed by atoms with van der Waals surface area (Å²) in [5.74, 6) is -0.959. The average molecular weight is 365 g/mol. The van der Waals surface area contributed by atoms with E-state index in [4.69, 9.17) is 14.6 Å². The number of nitrogens with one attached hydrogen (secondary N) is 1. The molecule has 0 spiro atoms. The molecular weight excluding hydrogens is 347 g/mol. The van der Waals surface area contributed by atoms with E-state index in [1.807, 2.05) is 0 Å². The van der Waals surface area contributed by atoms with Crippen LogP contribution >= 0.6 is 0 Å². The molecule has 0 bridgehead atoms. The van der Waals surface area contributed by atoms with Crippen molar-refractivity contribution in [3.63, 3.8) is 0 Å². The number of carboxylic acids is 1. The Labute approximate surface area is 140 Å². The van der Waals surface area contributed by atoms with Crippen LogP contribution in [0.25, 0.3) is 0 Å². The highest BCUT2D eigenvalue weighted by atomic mass is 19.4. The number of hydrogen-bond acceptors (Lipinski definition) is 6. The number of halogens is 3. The quantitative estimate of drug-likeness (QED) is 0.659. The minimum atomic E-state index is -4.78. The van der Waals surface area contributed by atoms with Gasteiger partial charge in [-0.25, -0.2) is 5.10 Å². The number of carbonyl (C=O) groups is 1. The molecule has 0 aliphatic carbocycles. The van der Waals surface area contributed by atoms with Gasteiger partial charge in [-0.1, -0.05) is 0 Å². The molecule has 2 rings (SSSR count). The zero-order valence-electron chi connectivity index (χ0n) is 13.2. The van der Waals surface area contributed by atoms with Gasteiger partial charge in [0.2, 0.25) is 0 Å². The number of aromatic amines is 1. The predicted molar refractivity (Wildman–Crippen MR) is 79.5 cm³/mol. The second kappa shape index (κ2) is 8.30. The molecule has 0 saturated carbocycles. The highest BCUT2D eigenvalue weighted by Gasteiger charge is 2.40. The summed E-state index contributed by atoms with van der Waals surface area (Å²) in [4.78, 5) is 23.2. The van der Waals surface area contributed by atoms with Crippen molar-refractivity contribution >= 4 is 11.7 Å². The number of alkyl halides is 3. The van der Waals surface area contributed by atoms with Crippen LogP contribution in [0.2, 0.25) is 0 Å². The zero-order chi connectivity index (χ0) is 18.4. The number of ether oxygens (including phenoxy) is 2. The maximum atomic E-state index is 13.1. The van der Waals surface area contributed by atoms with Crippen molar-refractivity contribution < 1.29 is 32.5 Å². The topological polar surface area (TPSA) is 105 Å². The Hall–Kier alpha value is -2.14. The molecule has 25 heavy (non-hydrogen) atoms. The van der Waals surface area contributed by atoms with Crippen molar-refractivity contribution in [3.05, 3.63) is 22.1 Å². The highest BCUT2D eigenvalue weighted by molar-refractivity contribution is 5.66. The van der Waals surface area contributed by atoms with E-state index >= 15 is 0 Å². The van der Waals surface area contributed by atoms with E-state index in [0.717, 1.165) is 6.20 Å². The molecule has 1 aromatic rings. The summed E-state index contributed by atoms with van der Waals surface area (Å²) < 4.78 is 49.8. The van der Waals surface area contributed by atoms with E-state index < -0.39 is 23.3 Å². The Balaban J connectivity index is 1.86. The fraction of sp³-hybridized carbons (Fsp3) is 0.643. The van der Waals surface area contributed by atoms with Crippen LogP contribution in [0.3, 0.4) is 0 Å². The normalized spacial score (nSPS) is 17.9. The number of hydrogen-bond donors (Lipinski definition) is 2. The first-order chi connectivity index (χ1) is 11.8. The van der Waals surface area contributed by atoms with E-state index in [9.17, 15) is 22.8 Å². The van der Waals surface area contributed by atoms with Crippen molar-refractivity contribution in [1.29, 1.82) is 0 Å². The van der Waals surface area contributed by atoms with Crippen molar-refractivity contribution in [2.24, 2.45) is 0 Å². The Morgan fingerprint density at radius 1 is 1.40 bits per heavy atom. The zero-order valence-corrected chi connectivity index (χ0v) is 13.2. The van der Waals surface area contributed by atoms with Gasteiger partial charge >= 0.3 is 12.1 Å². The van der Waals surface area contributed by atoms with Crippen LogP contribution in [-0.4, -0.2) is 60.3 Å². The number of nitrogens with zero attached hydrogens (tertiary/aromatic N) is 2. The highest BCUT2D eigenvalue weighted by Crippen LogP contribution is 2.34. The molecule has 0 radical (unpaired) electrons. The van der Waals surface area contributed by atoms with Gasteiger partial charge in [-0.15, -0.1) is 0 Å². The van der Waals surface area contributed by atoms with Crippen LogP contribution < -0.4 is 10.5 Å². The van der Waals surface area contributed by atoms with Crippen LogP contribution in [-0.2, 0) is 20.4 Å². The maximum Gasteiger partial charge on any atom is 0.423 e. The van der Waals surface area contributed by atoms with Crippen molar-refractivity contribution in [2.75, 3.05) is 37.8 Å². The van der Waals surface area contributed by atoms with Gasteiger partial charge in [0.05, 0.1) is 44.2 Å². The molecule has 1 atom stereocenters. The number of aliphatic carboxylic acids is 1. The third kappa shape index (κ3) is 5.43. The fourth-order valence-corrected chi connectivity index (χ4v) is 2.52. The molecule has 1 fully saturated rings. The summed E-state index contributed by atoms with van der Waals surface area (Å²) in [5.41, 5.74) is -2.80. The first kappa shape index (κ1) is 19.2. The lowest BCUT2D eigenvalue weighted by atomic mass is 10.2. The second-order valence-corrected chi connectivity index (χ2v) is 5.44. The lowest BCUT2D eigenvalue weighted by Gasteiger charge is -2.21. The van der Waals surface area contributed by atoms with Crippen molar-refractivity contribution in [1.82, 2.24) is 10.2 Å². The molecule has 140 valence electrons. The van der Waals surface area contributed by atoms with Crippen LogP contribution in [0.4, 0.5) is 18.9 Å². The third-order valence-electron chi connectivity index (χ3n) is 3.65. The van der Waals surface area contributed by atoms with Gasteiger partial charge in [-0.05, 0) is 6.42 Å². The van der Waals surface area contributed by atoms with E-state index in [0.29, 0.717) is 13.0 Å². The second-order valence-electron chi connectivity index (χ2n) is 5.44. The van der Waals surface area contributed by atoms with Crippen molar-refractivity contribution in [2.45, 2.75) is 25.1 Å². The van der Waals surface area contributed by atoms with Crippen molar-refractivity contribution in [3.8, 4) is 0 Å².